The Morgan fingerprint density at radius 2 is 1.92 bits per heavy atom. The monoisotopic (exact) mass is 348 g/mol. The van der Waals surface area contributed by atoms with Crippen LogP contribution in [0.15, 0.2) is 18.2 Å². The molecule has 0 radical (unpaired) electrons. The zero-order chi connectivity index (χ0) is 18.0. The van der Waals surface area contributed by atoms with Gasteiger partial charge in [-0.15, -0.1) is 0 Å². The largest absolute Gasteiger partial charge is 0.453 e. The molecule has 136 valence electrons. The predicted molar refractivity (Wildman–Crippen MR) is 91.7 cm³/mol. The van der Waals surface area contributed by atoms with Crippen molar-refractivity contribution in [2.45, 2.75) is 44.6 Å². The van der Waals surface area contributed by atoms with Crippen LogP contribution in [0, 0.1) is 18.7 Å². The van der Waals surface area contributed by atoms with Gasteiger partial charge >= 0.3 is 6.09 Å². The third-order valence-electron chi connectivity index (χ3n) is 5.40. The quantitative estimate of drug-likeness (QED) is 0.914. The minimum absolute atomic E-state index is 0.0187. The van der Waals surface area contributed by atoms with E-state index < -0.39 is 6.09 Å². The Balaban J connectivity index is 1.48. The number of likely N-dealkylation sites (tertiary alicyclic amines) is 1. The summed E-state index contributed by atoms with van der Waals surface area (Å²) in [5.41, 5.74) is 1.69. The number of ether oxygens (including phenoxy) is 1. The molecule has 1 heterocycles. The van der Waals surface area contributed by atoms with Crippen molar-refractivity contribution in [1.82, 2.24) is 10.2 Å². The summed E-state index contributed by atoms with van der Waals surface area (Å²) in [6.45, 7) is 3.22. The molecule has 0 unspecified atom stereocenters. The molecule has 1 N–H and O–H groups in total. The van der Waals surface area contributed by atoms with Crippen LogP contribution in [0.4, 0.5) is 9.18 Å². The van der Waals surface area contributed by atoms with E-state index in [9.17, 15) is 14.0 Å². The molecule has 1 aliphatic carbocycles. The number of amides is 2. The number of methoxy groups -OCH3 is 1. The molecule has 1 saturated heterocycles. The molecule has 25 heavy (non-hydrogen) atoms. The van der Waals surface area contributed by atoms with Gasteiger partial charge in [0.25, 0.3) is 0 Å². The fraction of sp³-hybridized carbons (Fsp3) is 0.579. The molecule has 2 amide bonds. The molecule has 2 aliphatic rings. The maximum absolute atomic E-state index is 14.1. The molecule has 1 aliphatic heterocycles. The molecule has 0 atom stereocenters. The zero-order valence-electron chi connectivity index (χ0n) is 14.8. The fourth-order valence-electron chi connectivity index (χ4n) is 3.80. The number of carbonyl (C=O) groups excluding carboxylic acids is 2. The van der Waals surface area contributed by atoms with Gasteiger partial charge in [0, 0.05) is 25.0 Å². The first-order valence-corrected chi connectivity index (χ1v) is 8.87. The number of rotatable bonds is 3. The Kier molecular flexibility index (Phi) is 5.25. The molecule has 1 aromatic carbocycles. The first-order chi connectivity index (χ1) is 12.0. The Bertz CT molecular complexity index is 650. The van der Waals surface area contributed by atoms with Crippen molar-refractivity contribution >= 4 is 12.0 Å². The van der Waals surface area contributed by atoms with Crippen molar-refractivity contribution in [1.29, 1.82) is 0 Å². The lowest BCUT2D eigenvalue weighted by atomic mass is 9.78. The average Bonchev–Trinajstić information content (AvgIpc) is 2.57. The van der Waals surface area contributed by atoms with Gasteiger partial charge in [0.2, 0.25) is 5.91 Å². The summed E-state index contributed by atoms with van der Waals surface area (Å²) >= 11 is 0. The Labute approximate surface area is 147 Å². The molecule has 5 nitrogen and oxygen atoms in total. The highest BCUT2D eigenvalue weighted by Gasteiger charge is 2.38. The molecule has 0 aromatic heterocycles. The number of benzene rings is 1. The zero-order valence-corrected chi connectivity index (χ0v) is 14.8. The van der Waals surface area contributed by atoms with Gasteiger partial charge in [-0.3, -0.25) is 4.79 Å². The van der Waals surface area contributed by atoms with Crippen molar-refractivity contribution in [2.24, 2.45) is 5.92 Å². The number of carbonyl (C=O) groups is 2. The highest BCUT2D eigenvalue weighted by Crippen LogP contribution is 2.34. The first-order valence-electron chi connectivity index (χ1n) is 8.87. The number of hydrogen-bond donors (Lipinski definition) is 1. The molecule has 2 fully saturated rings. The van der Waals surface area contributed by atoms with Crippen LogP contribution in [0.5, 0.6) is 0 Å². The Hall–Kier alpha value is -2.11. The highest BCUT2D eigenvalue weighted by atomic mass is 19.1. The summed E-state index contributed by atoms with van der Waals surface area (Å²) in [6.07, 6.45) is 2.47. The topological polar surface area (TPSA) is 58.6 Å². The summed E-state index contributed by atoms with van der Waals surface area (Å²) in [7, 11) is 1.33. The van der Waals surface area contributed by atoms with Crippen LogP contribution in [0.2, 0.25) is 0 Å². The number of nitrogens with one attached hydrogen (secondary N) is 1. The van der Waals surface area contributed by atoms with Crippen LogP contribution in [0.3, 0.4) is 0 Å². The summed E-state index contributed by atoms with van der Waals surface area (Å²) in [4.78, 5) is 25.6. The van der Waals surface area contributed by atoms with E-state index >= 15 is 0 Å². The number of halogens is 1. The summed E-state index contributed by atoms with van der Waals surface area (Å²) < 4.78 is 18.7. The van der Waals surface area contributed by atoms with Crippen LogP contribution >= 0.6 is 0 Å². The molecule has 3 rings (SSSR count). The van der Waals surface area contributed by atoms with Crippen molar-refractivity contribution in [3.63, 3.8) is 0 Å². The minimum atomic E-state index is -0.447. The van der Waals surface area contributed by atoms with Gasteiger partial charge in [-0.2, -0.15) is 0 Å². The summed E-state index contributed by atoms with van der Waals surface area (Å²) in [5.74, 6) is 0.181. The van der Waals surface area contributed by atoms with E-state index in [1.54, 1.807) is 6.07 Å². The van der Waals surface area contributed by atoms with E-state index in [-0.39, 0.29) is 29.6 Å². The number of hydrogen-bond acceptors (Lipinski definition) is 3. The van der Waals surface area contributed by atoms with Gasteiger partial charge in [0.1, 0.15) is 5.82 Å². The van der Waals surface area contributed by atoms with Crippen molar-refractivity contribution < 1.29 is 18.7 Å². The third-order valence-corrected chi connectivity index (χ3v) is 5.40. The van der Waals surface area contributed by atoms with E-state index in [0.29, 0.717) is 25.9 Å². The molecular weight excluding hydrogens is 323 g/mol. The van der Waals surface area contributed by atoms with E-state index in [2.05, 4.69) is 10.1 Å². The minimum Gasteiger partial charge on any atom is -0.453 e. The summed E-state index contributed by atoms with van der Waals surface area (Å²) in [6, 6.07) is 5.43. The Morgan fingerprint density at radius 1 is 1.24 bits per heavy atom. The van der Waals surface area contributed by atoms with E-state index in [0.717, 1.165) is 24.0 Å². The predicted octanol–water partition coefficient (Wildman–Crippen LogP) is 2.97. The maximum atomic E-state index is 14.1. The van der Waals surface area contributed by atoms with E-state index in [1.807, 2.05) is 24.0 Å². The lowest BCUT2D eigenvalue weighted by Crippen LogP contribution is -2.51. The normalized spacial score (nSPS) is 23.7. The van der Waals surface area contributed by atoms with Crippen molar-refractivity contribution in [3.05, 3.63) is 35.1 Å². The van der Waals surface area contributed by atoms with Crippen LogP contribution in [-0.4, -0.2) is 43.1 Å². The van der Waals surface area contributed by atoms with Gasteiger partial charge in [0.15, 0.2) is 0 Å². The van der Waals surface area contributed by atoms with Crippen molar-refractivity contribution in [3.8, 4) is 0 Å². The molecule has 6 heteroatoms. The van der Waals surface area contributed by atoms with E-state index in [1.165, 1.54) is 7.11 Å². The average molecular weight is 348 g/mol. The van der Waals surface area contributed by atoms with E-state index in [4.69, 9.17) is 0 Å². The molecule has 0 spiro atoms. The van der Waals surface area contributed by atoms with Gasteiger partial charge < -0.3 is 15.0 Å². The van der Waals surface area contributed by atoms with Crippen LogP contribution < -0.4 is 5.32 Å². The Morgan fingerprint density at radius 3 is 2.52 bits per heavy atom. The smallest absolute Gasteiger partial charge is 0.407 e. The first kappa shape index (κ1) is 17.7. The molecule has 0 bridgehead atoms. The van der Waals surface area contributed by atoms with Crippen LogP contribution in [-0.2, 0) is 9.53 Å². The lowest BCUT2D eigenvalue weighted by molar-refractivity contribution is -0.140. The standard InChI is InChI=1S/C19H25FN2O3/c1-12-3-4-16(17(20)9-12)13-5-7-22(8-6-13)18(23)14-10-15(11-14)21-19(24)25-2/h3-4,9,13-15H,5-8,10-11H2,1-2H3,(H,21,24). The van der Waals surface area contributed by atoms with Crippen molar-refractivity contribution in [2.75, 3.05) is 20.2 Å². The fourth-order valence-corrected chi connectivity index (χ4v) is 3.80. The SMILES string of the molecule is COC(=O)NC1CC(C(=O)N2CCC(c3ccc(C)cc3F)CC2)C1. The van der Waals surface area contributed by atoms with Crippen LogP contribution in [0.25, 0.3) is 0 Å². The third kappa shape index (κ3) is 3.94. The number of nitrogens with zero attached hydrogens (tertiary/aromatic N) is 1. The van der Waals surface area contributed by atoms with Gasteiger partial charge in [-0.25, -0.2) is 9.18 Å². The molecule has 1 aromatic rings. The van der Waals surface area contributed by atoms with Gasteiger partial charge in [-0.05, 0) is 55.7 Å². The molecule has 1 saturated carbocycles. The number of aryl methyl sites for hydroxylation is 1. The number of alkyl carbamates (subject to hydrolysis) is 1. The second-order valence-corrected chi connectivity index (χ2v) is 7.13. The lowest BCUT2D eigenvalue weighted by Gasteiger charge is -2.40. The highest BCUT2D eigenvalue weighted by molar-refractivity contribution is 5.80. The number of piperidine rings is 1. The van der Waals surface area contributed by atoms with Gasteiger partial charge in [0.05, 0.1) is 7.11 Å². The summed E-state index contributed by atoms with van der Waals surface area (Å²) in [5, 5.41) is 2.72. The molecular formula is C19H25FN2O3. The second-order valence-electron chi connectivity index (χ2n) is 7.13. The van der Waals surface area contributed by atoms with Gasteiger partial charge in [-0.1, -0.05) is 12.1 Å². The second kappa shape index (κ2) is 7.42. The maximum Gasteiger partial charge on any atom is 0.407 e. The van der Waals surface area contributed by atoms with Crippen LogP contribution in [0.1, 0.15) is 42.7 Å².